The van der Waals surface area contributed by atoms with Crippen molar-refractivity contribution in [2.24, 2.45) is 5.92 Å². The van der Waals surface area contributed by atoms with Gasteiger partial charge in [-0.1, -0.05) is 12.8 Å². The van der Waals surface area contributed by atoms with Gasteiger partial charge in [-0.05, 0) is 31.2 Å². The van der Waals surface area contributed by atoms with E-state index >= 15 is 0 Å². The zero-order valence-electron chi connectivity index (χ0n) is 8.95. The van der Waals surface area contributed by atoms with Gasteiger partial charge in [0.15, 0.2) is 0 Å². The number of anilines is 1. The van der Waals surface area contributed by atoms with Crippen LogP contribution < -0.4 is 5.32 Å². The molecule has 0 radical (unpaired) electrons. The Balaban J connectivity index is 1.55. The lowest BCUT2D eigenvalue weighted by Gasteiger charge is -2.05. The molecule has 0 unspecified atom stereocenters. The normalized spacial score (nSPS) is 20.3. The first-order chi connectivity index (χ1) is 7.42. The second-order valence-corrected chi connectivity index (χ2v) is 4.73. The zero-order chi connectivity index (χ0) is 10.1. The van der Waals surface area contributed by atoms with E-state index in [1.165, 1.54) is 32.1 Å². The standard InChI is InChI=1S/C12H17N3/c1-2-9(1)5-7-13-11-6-8-14-12(15-11)10-3-4-10/h6,8-10H,1-5,7H2,(H,13,14,15). The highest BCUT2D eigenvalue weighted by molar-refractivity contribution is 5.33. The van der Waals surface area contributed by atoms with Crippen molar-refractivity contribution in [2.45, 2.75) is 38.0 Å². The van der Waals surface area contributed by atoms with E-state index in [9.17, 15) is 0 Å². The van der Waals surface area contributed by atoms with Gasteiger partial charge < -0.3 is 5.32 Å². The Morgan fingerprint density at radius 2 is 2.13 bits per heavy atom. The fourth-order valence-corrected chi connectivity index (χ4v) is 1.82. The van der Waals surface area contributed by atoms with Gasteiger partial charge in [-0.15, -0.1) is 0 Å². The first-order valence-electron chi connectivity index (χ1n) is 5.98. The van der Waals surface area contributed by atoms with E-state index < -0.39 is 0 Å². The van der Waals surface area contributed by atoms with Crippen LogP contribution in [0.25, 0.3) is 0 Å². The van der Waals surface area contributed by atoms with Crippen molar-refractivity contribution >= 4 is 5.82 Å². The number of hydrogen-bond donors (Lipinski definition) is 1. The second-order valence-electron chi connectivity index (χ2n) is 4.73. The summed E-state index contributed by atoms with van der Waals surface area (Å²) < 4.78 is 0. The smallest absolute Gasteiger partial charge is 0.133 e. The van der Waals surface area contributed by atoms with Crippen LogP contribution in [0.15, 0.2) is 12.3 Å². The maximum atomic E-state index is 4.53. The van der Waals surface area contributed by atoms with E-state index in [1.54, 1.807) is 0 Å². The number of rotatable bonds is 5. The summed E-state index contributed by atoms with van der Waals surface area (Å²) >= 11 is 0. The number of nitrogens with zero attached hydrogens (tertiary/aromatic N) is 2. The van der Waals surface area contributed by atoms with Crippen LogP contribution in [0, 0.1) is 5.92 Å². The Labute approximate surface area is 90.3 Å². The highest BCUT2D eigenvalue weighted by atomic mass is 15.0. The molecular formula is C12H17N3. The lowest BCUT2D eigenvalue weighted by Crippen LogP contribution is -2.05. The fourth-order valence-electron chi connectivity index (χ4n) is 1.82. The Hall–Kier alpha value is -1.12. The van der Waals surface area contributed by atoms with E-state index in [-0.39, 0.29) is 0 Å². The molecule has 1 N–H and O–H groups in total. The number of aromatic nitrogens is 2. The maximum absolute atomic E-state index is 4.53. The van der Waals surface area contributed by atoms with Crippen LogP contribution in [0.5, 0.6) is 0 Å². The lowest BCUT2D eigenvalue weighted by molar-refractivity contribution is 0.756. The van der Waals surface area contributed by atoms with Crippen molar-refractivity contribution in [2.75, 3.05) is 11.9 Å². The van der Waals surface area contributed by atoms with Crippen molar-refractivity contribution < 1.29 is 0 Å². The highest BCUT2D eigenvalue weighted by Gasteiger charge is 2.26. The van der Waals surface area contributed by atoms with E-state index in [2.05, 4.69) is 15.3 Å². The minimum absolute atomic E-state index is 0.648. The van der Waals surface area contributed by atoms with Crippen LogP contribution in [0.3, 0.4) is 0 Å². The average molecular weight is 203 g/mol. The molecule has 3 nitrogen and oxygen atoms in total. The van der Waals surface area contributed by atoms with Gasteiger partial charge in [-0.25, -0.2) is 9.97 Å². The molecule has 80 valence electrons. The molecule has 2 fully saturated rings. The van der Waals surface area contributed by atoms with Crippen LogP contribution in [0.4, 0.5) is 5.82 Å². The summed E-state index contributed by atoms with van der Waals surface area (Å²) in [6.07, 6.45) is 8.57. The molecule has 0 aromatic carbocycles. The van der Waals surface area contributed by atoms with Crippen LogP contribution in [-0.2, 0) is 0 Å². The van der Waals surface area contributed by atoms with E-state index in [4.69, 9.17) is 0 Å². The molecule has 1 aromatic rings. The molecule has 2 saturated carbocycles. The van der Waals surface area contributed by atoms with Gasteiger partial charge in [-0.3, -0.25) is 0 Å². The first-order valence-corrected chi connectivity index (χ1v) is 5.98. The predicted octanol–water partition coefficient (Wildman–Crippen LogP) is 2.57. The quantitative estimate of drug-likeness (QED) is 0.799. The molecule has 0 aliphatic heterocycles. The zero-order valence-corrected chi connectivity index (χ0v) is 8.95. The van der Waals surface area contributed by atoms with Crippen LogP contribution >= 0.6 is 0 Å². The van der Waals surface area contributed by atoms with E-state index in [0.29, 0.717) is 5.92 Å². The molecule has 0 amide bonds. The topological polar surface area (TPSA) is 37.8 Å². The average Bonchev–Trinajstić information content (AvgIpc) is 3.13. The summed E-state index contributed by atoms with van der Waals surface area (Å²) in [5.74, 6) is 3.68. The third kappa shape index (κ3) is 2.46. The van der Waals surface area contributed by atoms with Gasteiger partial charge in [0.25, 0.3) is 0 Å². The highest BCUT2D eigenvalue weighted by Crippen LogP contribution is 2.38. The summed E-state index contributed by atoms with van der Waals surface area (Å²) in [5.41, 5.74) is 0. The molecule has 2 aliphatic rings. The monoisotopic (exact) mass is 203 g/mol. The van der Waals surface area contributed by atoms with E-state index in [0.717, 1.165) is 24.1 Å². The van der Waals surface area contributed by atoms with Crippen molar-refractivity contribution in [3.63, 3.8) is 0 Å². The molecule has 0 atom stereocenters. The second kappa shape index (κ2) is 3.80. The molecule has 3 rings (SSSR count). The van der Waals surface area contributed by atoms with E-state index in [1.807, 2.05) is 12.3 Å². The predicted molar refractivity (Wildman–Crippen MR) is 59.8 cm³/mol. The molecule has 0 spiro atoms. The summed E-state index contributed by atoms with van der Waals surface area (Å²) in [5, 5.41) is 3.39. The molecular weight excluding hydrogens is 186 g/mol. The Kier molecular flexibility index (Phi) is 2.31. The van der Waals surface area contributed by atoms with Gasteiger partial charge in [0.05, 0.1) is 0 Å². The summed E-state index contributed by atoms with van der Waals surface area (Å²) in [6.45, 7) is 1.06. The number of nitrogens with one attached hydrogen (secondary N) is 1. The van der Waals surface area contributed by atoms with Gasteiger partial charge in [0.1, 0.15) is 11.6 Å². The first kappa shape index (κ1) is 9.13. The van der Waals surface area contributed by atoms with Gasteiger partial charge in [0, 0.05) is 18.7 Å². The minimum atomic E-state index is 0.648. The molecule has 1 aromatic heterocycles. The van der Waals surface area contributed by atoms with Crippen molar-refractivity contribution in [3.8, 4) is 0 Å². The van der Waals surface area contributed by atoms with Crippen LogP contribution in [0.2, 0.25) is 0 Å². The Morgan fingerprint density at radius 3 is 2.87 bits per heavy atom. The third-order valence-corrected chi connectivity index (χ3v) is 3.17. The third-order valence-electron chi connectivity index (χ3n) is 3.17. The molecule has 15 heavy (non-hydrogen) atoms. The summed E-state index contributed by atoms with van der Waals surface area (Å²) in [6, 6.07) is 1.97. The number of hydrogen-bond acceptors (Lipinski definition) is 3. The van der Waals surface area contributed by atoms with Gasteiger partial charge in [0.2, 0.25) is 0 Å². The SMILES string of the molecule is c1cc(NCCC2CC2)nc(C2CC2)n1. The van der Waals surface area contributed by atoms with Crippen molar-refractivity contribution in [1.82, 2.24) is 9.97 Å². The fraction of sp³-hybridized carbons (Fsp3) is 0.667. The Morgan fingerprint density at radius 1 is 1.27 bits per heavy atom. The van der Waals surface area contributed by atoms with Crippen LogP contribution in [0.1, 0.15) is 43.8 Å². The molecule has 3 heteroatoms. The lowest BCUT2D eigenvalue weighted by atomic mass is 10.3. The molecule has 2 aliphatic carbocycles. The maximum Gasteiger partial charge on any atom is 0.133 e. The van der Waals surface area contributed by atoms with Crippen LogP contribution in [-0.4, -0.2) is 16.5 Å². The van der Waals surface area contributed by atoms with Crippen molar-refractivity contribution in [1.29, 1.82) is 0 Å². The molecule has 1 heterocycles. The Bertz CT molecular complexity index is 342. The molecule has 0 bridgehead atoms. The van der Waals surface area contributed by atoms with Crippen molar-refractivity contribution in [3.05, 3.63) is 18.1 Å². The summed E-state index contributed by atoms with van der Waals surface area (Å²) in [7, 11) is 0. The largest absolute Gasteiger partial charge is 0.370 e. The summed E-state index contributed by atoms with van der Waals surface area (Å²) in [4.78, 5) is 8.84. The van der Waals surface area contributed by atoms with Gasteiger partial charge in [-0.2, -0.15) is 0 Å². The molecule has 0 saturated heterocycles. The van der Waals surface area contributed by atoms with Gasteiger partial charge >= 0.3 is 0 Å². The minimum Gasteiger partial charge on any atom is -0.370 e.